The first-order chi connectivity index (χ1) is 13.2. The molecule has 5 heteroatoms. The SMILES string of the molecule is CN(CCC[C@H]1CCCO1)C(=O)Nc1ccc(CCc2ccccn2)cc1. The van der Waals surface area contributed by atoms with Crippen LogP contribution in [0.15, 0.2) is 48.7 Å². The molecular formula is C22H29N3O2. The fourth-order valence-corrected chi connectivity index (χ4v) is 3.32. The van der Waals surface area contributed by atoms with Crippen LogP contribution < -0.4 is 5.32 Å². The van der Waals surface area contributed by atoms with Gasteiger partial charge in [-0.1, -0.05) is 18.2 Å². The summed E-state index contributed by atoms with van der Waals surface area (Å²) in [5, 5.41) is 2.96. The van der Waals surface area contributed by atoms with Crippen molar-refractivity contribution in [3.63, 3.8) is 0 Å². The molecule has 1 N–H and O–H groups in total. The summed E-state index contributed by atoms with van der Waals surface area (Å²) in [6.45, 7) is 1.63. The van der Waals surface area contributed by atoms with E-state index in [-0.39, 0.29) is 6.03 Å². The number of carbonyl (C=O) groups excluding carboxylic acids is 1. The van der Waals surface area contributed by atoms with Crippen molar-refractivity contribution in [2.45, 2.75) is 44.6 Å². The number of amides is 2. The van der Waals surface area contributed by atoms with Crippen molar-refractivity contribution < 1.29 is 9.53 Å². The average molecular weight is 367 g/mol. The molecule has 0 saturated carbocycles. The molecule has 1 atom stereocenters. The largest absolute Gasteiger partial charge is 0.378 e. The topological polar surface area (TPSA) is 54.5 Å². The first kappa shape index (κ1) is 19.4. The molecule has 1 aromatic carbocycles. The molecule has 0 radical (unpaired) electrons. The molecule has 0 bridgehead atoms. The number of nitrogens with zero attached hydrogens (tertiary/aromatic N) is 2. The van der Waals surface area contributed by atoms with Gasteiger partial charge in [0.2, 0.25) is 0 Å². The van der Waals surface area contributed by atoms with Crippen LogP contribution >= 0.6 is 0 Å². The van der Waals surface area contributed by atoms with E-state index in [0.29, 0.717) is 6.10 Å². The van der Waals surface area contributed by atoms with Crippen molar-refractivity contribution in [1.82, 2.24) is 9.88 Å². The summed E-state index contributed by atoms with van der Waals surface area (Å²) in [5.41, 5.74) is 3.16. The van der Waals surface area contributed by atoms with Crippen LogP contribution in [-0.4, -0.2) is 42.2 Å². The Labute approximate surface area is 161 Å². The average Bonchev–Trinajstić information content (AvgIpc) is 3.21. The lowest BCUT2D eigenvalue weighted by Gasteiger charge is -2.19. The summed E-state index contributed by atoms with van der Waals surface area (Å²) in [6.07, 6.45) is 8.39. The van der Waals surface area contributed by atoms with E-state index in [9.17, 15) is 4.79 Å². The maximum atomic E-state index is 12.3. The van der Waals surface area contributed by atoms with Crippen molar-refractivity contribution in [2.75, 3.05) is 25.5 Å². The third kappa shape index (κ3) is 6.36. The van der Waals surface area contributed by atoms with E-state index in [1.165, 1.54) is 12.0 Å². The highest BCUT2D eigenvalue weighted by Crippen LogP contribution is 2.17. The zero-order chi connectivity index (χ0) is 18.9. The Kier molecular flexibility index (Phi) is 7.22. The number of hydrogen-bond acceptors (Lipinski definition) is 3. The third-order valence-corrected chi connectivity index (χ3v) is 4.99. The van der Waals surface area contributed by atoms with Gasteiger partial charge in [0, 0.05) is 37.8 Å². The smallest absolute Gasteiger partial charge is 0.321 e. The van der Waals surface area contributed by atoms with Gasteiger partial charge in [-0.3, -0.25) is 4.98 Å². The number of hydrogen-bond donors (Lipinski definition) is 1. The van der Waals surface area contributed by atoms with E-state index in [1.54, 1.807) is 4.90 Å². The maximum absolute atomic E-state index is 12.3. The maximum Gasteiger partial charge on any atom is 0.321 e. The number of nitrogens with one attached hydrogen (secondary N) is 1. The summed E-state index contributed by atoms with van der Waals surface area (Å²) < 4.78 is 5.63. The van der Waals surface area contributed by atoms with Crippen molar-refractivity contribution >= 4 is 11.7 Å². The van der Waals surface area contributed by atoms with E-state index in [0.717, 1.165) is 56.6 Å². The van der Waals surface area contributed by atoms with Crippen LogP contribution in [0.25, 0.3) is 0 Å². The third-order valence-electron chi connectivity index (χ3n) is 4.99. The Hall–Kier alpha value is -2.40. The van der Waals surface area contributed by atoms with Gasteiger partial charge in [-0.05, 0) is 68.4 Å². The second kappa shape index (κ2) is 10.1. The molecule has 2 aromatic rings. The molecule has 1 fully saturated rings. The van der Waals surface area contributed by atoms with Gasteiger partial charge in [-0.25, -0.2) is 4.79 Å². The molecule has 1 aliphatic heterocycles. The molecule has 3 rings (SSSR count). The normalized spacial score (nSPS) is 16.3. The van der Waals surface area contributed by atoms with Crippen molar-refractivity contribution in [2.24, 2.45) is 0 Å². The Bertz CT molecular complexity index is 697. The fraction of sp³-hybridized carbons (Fsp3) is 0.455. The van der Waals surface area contributed by atoms with Crippen LogP contribution in [-0.2, 0) is 17.6 Å². The summed E-state index contributed by atoms with van der Waals surface area (Å²) >= 11 is 0. The standard InChI is InChI=1S/C22H29N3O2/c1-25(16-4-7-21-8-5-17-27-21)22(26)24-20-13-10-18(11-14-20)9-12-19-6-2-3-15-23-19/h2-3,6,10-11,13-15,21H,4-5,7-9,12,16-17H2,1H3,(H,24,26)/t21-/m0/s1. The number of urea groups is 1. The Morgan fingerprint density at radius 2 is 2.07 bits per heavy atom. The van der Waals surface area contributed by atoms with E-state index in [1.807, 2.05) is 43.6 Å². The Morgan fingerprint density at radius 3 is 2.78 bits per heavy atom. The van der Waals surface area contributed by atoms with E-state index in [4.69, 9.17) is 4.74 Å². The number of rotatable bonds is 8. The number of pyridine rings is 1. The molecule has 2 amide bonds. The van der Waals surface area contributed by atoms with E-state index in [2.05, 4.69) is 22.4 Å². The van der Waals surface area contributed by atoms with Crippen molar-refractivity contribution in [3.05, 3.63) is 59.9 Å². The van der Waals surface area contributed by atoms with Gasteiger partial charge in [0.15, 0.2) is 0 Å². The predicted molar refractivity (Wildman–Crippen MR) is 108 cm³/mol. The molecule has 27 heavy (non-hydrogen) atoms. The zero-order valence-corrected chi connectivity index (χ0v) is 16.1. The lowest BCUT2D eigenvalue weighted by molar-refractivity contribution is 0.101. The monoisotopic (exact) mass is 367 g/mol. The molecule has 1 aromatic heterocycles. The van der Waals surface area contributed by atoms with Crippen LogP contribution in [0.1, 0.15) is 36.9 Å². The van der Waals surface area contributed by atoms with Crippen LogP contribution in [0.2, 0.25) is 0 Å². The highest BCUT2D eigenvalue weighted by Gasteiger charge is 2.16. The molecule has 0 unspecified atom stereocenters. The molecule has 1 aliphatic rings. The molecule has 5 nitrogen and oxygen atoms in total. The number of aromatic nitrogens is 1. The highest BCUT2D eigenvalue weighted by atomic mass is 16.5. The summed E-state index contributed by atoms with van der Waals surface area (Å²) in [5.74, 6) is 0. The van der Waals surface area contributed by atoms with Crippen LogP contribution in [0.5, 0.6) is 0 Å². The Balaban J connectivity index is 1.39. The first-order valence-corrected chi connectivity index (χ1v) is 9.83. The van der Waals surface area contributed by atoms with Gasteiger partial charge >= 0.3 is 6.03 Å². The second-order valence-corrected chi connectivity index (χ2v) is 7.15. The van der Waals surface area contributed by atoms with Gasteiger partial charge in [0.1, 0.15) is 0 Å². The van der Waals surface area contributed by atoms with Gasteiger partial charge < -0.3 is 15.0 Å². The minimum absolute atomic E-state index is 0.0661. The molecule has 144 valence electrons. The molecule has 0 aliphatic carbocycles. The van der Waals surface area contributed by atoms with Gasteiger partial charge in [0.05, 0.1) is 6.10 Å². The van der Waals surface area contributed by atoms with Crippen LogP contribution in [0.4, 0.5) is 10.5 Å². The lowest BCUT2D eigenvalue weighted by atomic mass is 10.1. The van der Waals surface area contributed by atoms with Crippen molar-refractivity contribution in [1.29, 1.82) is 0 Å². The predicted octanol–water partition coefficient (Wildman–Crippen LogP) is 4.29. The van der Waals surface area contributed by atoms with E-state index >= 15 is 0 Å². The number of anilines is 1. The van der Waals surface area contributed by atoms with Gasteiger partial charge in [0.25, 0.3) is 0 Å². The highest BCUT2D eigenvalue weighted by molar-refractivity contribution is 5.89. The molecule has 2 heterocycles. The minimum Gasteiger partial charge on any atom is -0.378 e. The molecular weight excluding hydrogens is 338 g/mol. The fourth-order valence-electron chi connectivity index (χ4n) is 3.32. The number of aryl methyl sites for hydroxylation is 2. The lowest BCUT2D eigenvalue weighted by Crippen LogP contribution is -2.32. The minimum atomic E-state index is -0.0661. The summed E-state index contributed by atoms with van der Waals surface area (Å²) in [4.78, 5) is 18.4. The first-order valence-electron chi connectivity index (χ1n) is 9.83. The van der Waals surface area contributed by atoms with Crippen molar-refractivity contribution in [3.8, 4) is 0 Å². The second-order valence-electron chi connectivity index (χ2n) is 7.15. The van der Waals surface area contributed by atoms with E-state index < -0.39 is 0 Å². The number of carbonyl (C=O) groups is 1. The summed E-state index contributed by atoms with van der Waals surface area (Å²) in [7, 11) is 1.84. The van der Waals surface area contributed by atoms with Crippen LogP contribution in [0, 0.1) is 0 Å². The number of ether oxygens (including phenoxy) is 1. The van der Waals surface area contributed by atoms with Gasteiger partial charge in [-0.2, -0.15) is 0 Å². The molecule has 1 saturated heterocycles. The van der Waals surface area contributed by atoms with Gasteiger partial charge in [-0.15, -0.1) is 0 Å². The number of benzene rings is 1. The quantitative estimate of drug-likeness (QED) is 0.757. The zero-order valence-electron chi connectivity index (χ0n) is 16.1. The molecule has 0 spiro atoms. The van der Waals surface area contributed by atoms with Crippen LogP contribution in [0.3, 0.4) is 0 Å². The summed E-state index contributed by atoms with van der Waals surface area (Å²) in [6, 6.07) is 14.0. The Morgan fingerprint density at radius 1 is 1.22 bits per heavy atom.